The van der Waals surface area contributed by atoms with Crippen LogP contribution in [0.2, 0.25) is 0 Å². The van der Waals surface area contributed by atoms with Crippen molar-refractivity contribution < 1.29 is 0 Å². The van der Waals surface area contributed by atoms with Crippen LogP contribution in [0, 0.1) is 5.92 Å². The van der Waals surface area contributed by atoms with Crippen molar-refractivity contribution >= 4 is 28.7 Å². The van der Waals surface area contributed by atoms with E-state index in [-0.39, 0.29) is 0 Å². The molecule has 0 amide bonds. The van der Waals surface area contributed by atoms with E-state index in [0.717, 1.165) is 12.1 Å². The predicted octanol–water partition coefficient (Wildman–Crippen LogP) is 2.38. The molecule has 0 aliphatic rings. The molecule has 2 unspecified atom stereocenters. The van der Waals surface area contributed by atoms with Gasteiger partial charge in [-0.25, -0.2) is 0 Å². The number of nitrogen functional groups attached to an aromatic ring is 1. The number of aromatic nitrogens is 1. The molecule has 0 aromatic carbocycles. The number of hydrogen-bond donors (Lipinski definition) is 3. The van der Waals surface area contributed by atoms with E-state index in [2.05, 4.69) is 36.4 Å². The molecule has 2 atom stereocenters. The molecular weight excluding hydrogens is 232 g/mol. The Morgan fingerprint density at radius 3 is 2.82 bits per heavy atom. The number of nitrogens with one attached hydrogen (secondary N) is 2. The second-order valence-corrected chi connectivity index (χ2v) is 4.64. The van der Waals surface area contributed by atoms with E-state index in [0.29, 0.717) is 22.8 Å². The molecule has 4 N–H and O–H groups in total. The minimum Gasteiger partial charge on any atom is -0.397 e. The summed E-state index contributed by atoms with van der Waals surface area (Å²) in [4.78, 5) is 4.00. The summed E-state index contributed by atoms with van der Waals surface area (Å²) in [6.45, 7) is 6.48. The number of nitrogens with two attached hydrogens (primary N) is 1. The number of anilines is 2. The molecule has 17 heavy (non-hydrogen) atoms. The molecule has 5 heteroatoms. The van der Waals surface area contributed by atoms with Gasteiger partial charge in [-0.1, -0.05) is 20.3 Å². The molecule has 0 aliphatic carbocycles. The minimum absolute atomic E-state index is 0.331. The van der Waals surface area contributed by atoms with Gasteiger partial charge in [-0.3, -0.25) is 4.98 Å². The van der Waals surface area contributed by atoms with Gasteiger partial charge < -0.3 is 16.4 Å². The van der Waals surface area contributed by atoms with E-state index in [4.69, 9.17) is 18.0 Å². The van der Waals surface area contributed by atoms with E-state index in [1.165, 1.54) is 0 Å². The Hall–Kier alpha value is -1.36. The molecule has 1 rings (SSSR count). The number of rotatable bonds is 4. The van der Waals surface area contributed by atoms with Gasteiger partial charge in [0.05, 0.1) is 17.6 Å². The van der Waals surface area contributed by atoms with E-state index in [9.17, 15) is 0 Å². The lowest BCUT2D eigenvalue weighted by atomic mass is 10.0. The zero-order valence-corrected chi connectivity index (χ0v) is 11.3. The maximum atomic E-state index is 5.80. The summed E-state index contributed by atoms with van der Waals surface area (Å²) in [5, 5.41) is 6.88. The van der Waals surface area contributed by atoms with Gasteiger partial charge in [0, 0.05) is 12.2 Å². The molecule has 0 aliphatic heterocycles. The number of nitrogens with zero attached hydrogens (tertiary/aromatic N) is 1. The molecule has 0 fully saturated rings. The summed E-state index contributed by atoms with van der Waals surface area (Å²) < 4.78 is 0. The maximum Gasteiger partial charge on any atom is 0.171 e. The van der Waals surface area contributed by atoms with Crippen LogP contribution >= 0.6 is 12.2 Å². The Kier molecular flexibility index (Phi) is 5.15. The van der Waals surface area contributed by atoms with Crippen LogP contribution in [0.15, 0.2) is 18.5 Å². The molecule has 1 heterocycles. The first-order valence-electron chi connectivity index (χ1n) is 5.81. The lowest BCUT2D eigenvalue weighted by Crippen LogP contribution is -2.39. The summed E-state index contributed by atoms with van der Waals surface area (Å²) in [6.07, 6.45) is 4.43. The lowest BCUT2D eigenvalue weighted by molar-refractivity contribution is 0.439. The molecule has 0 saturated carbocycles. The highest BCUT2D eigenvalue weighted by atomic mass is 32.1. The third kappa shape index (κ3) is 4.19. The molecule has 1 aromatic heterocycles. The smallest absolute Gasteiger partial charge is 0.171 e. The van der Waals surface area contributed by atoms with Crippen LogP contribution in [0.4, 0.5) is 11.4 Å². The number of thiocarbonyl (C=S) groups is 1. The van der Waals surface area contributed by atoms with Crippen molar-refractivity contribution in [1.82, 2.24) is 10.3 Å². The van der Waals surface area contributed by atoms with Crippen LogP contribution in [0.25, 0.3) is 0 Å². The fourth-order valence-corrected chi connectivity index (χ4v) is 1.67. The zero-order chi connectivity index (χ0) is 12.8. The highest BCUT2D eigenvalue weighted by Crippen LogP contribution is 2.15. The van der Waals surface area contributed by atoms with Crippen LogP contribution in [-0.2, 0) is 0 Å². The van der Waals surface area contributed by atoms with Crippen LogP contribution in [0.1, 0.15) is 27.2 Å². The van der Waals surface area contributed by atoms with Crippen molar-refractivity contribution in [2.75, 3.05) is 11.1 Å². The van der Waals surface area contributed by atoms with Crippen LogP contribution in [0.5, 0.6) is 0 Å². The van der Waals surface area contributed by atoms with Gasteiger partial charge >= 0.3 is 0 Å². The highest BCUT2D eigenvalue weighted by Gasteiger charge is 2.11. The molecule has 1 aromatic rings. The topological polar surface area (TPSA) is 63.0 Å². The monoisotopic (exact) mass is 252 g/mol. The molecule has 94 valence electrons. The summed E-state index contributed by atoms with van der Waals surface area (Å²) in [7, 11) is 0. The Morgan fingerprint density at radius 2 is 2.24 bits per heavy atom. The second kappa shape index (κ2) is 6.39. The van der Waals surface area contributed by atoms with Crippen molar-refractivity contribution in [3.8, 4) is 0 Å². The van der Waals surface area contributed by atoms with Gasteiger partial charge in [0.1, 0.15) is 0 Å². The van der Waals surface area contributed by atoms with Crippen molar-refractivity contribution in [3.05, 3.63) is 18.5 Å². The second-order valence-electron chi connectivity index (χ2n) is 4.24. The van der Waals surface area contributed by atoms with Gasteiger partial charge in [-0.15, -0.1) is 0 Å². The Balaban J connectivity index is 2.53. The fraction of sp³-hybridized carbons (Fsp3) is 0.500. The van der Waals surface area contributed by atoms with Gasteiger partial charge in [0.2, 0.25) is 0 Å². The van der Waals surface area contributed by atoms with Crippen molar-refractivity contribution in [3.63, 3.8) is 0 Å². The van der Waals surface area contributed by atoms with Crippen LogP contribution in [-0.4, -0.2) is 16.1 Å². The van der Waals surface area contributed by atoms with Crippen molar-refractivity contribution in [2.24, 2.45) is 5.92 Å². The number of pyridine rings is 1. The SMILES string of the molecule is CCC(C)C(C)NC(=S)Nc1cnccc1N. The third-order valence-corrected chi connectivity index (χ3v) is 3.18. The van der Waals surface area contributed by atoms with Crippen LogP contribution in [0.3, 0.4) is 0 Å². The fourth-order valence-electron chi connectivity index (χ4n) is 1.37. The van der Waals surface area contributed by atoms with Gasteiger partial charge in [0.25, 0.3) is 0 Å². The lowest BCUT2D eigenvalue weighted by Gasteiger charge is -2.22. The van der Waals surface area contributed by atoms with E-state index in [1.54, 1.807) is 18.5 Å². The quantitative estimate of drug-likeness (QED) is 0.718. The first-order valence-corrected chi connectivity index (χ1v) is 6.22. The first kappa shape index (κ1) is 13.7. The van der Waals surface area contributed by atoms with Crippen molar-refractivity contribution in [1.29, 1.82) is 0 Å². The average Bonchev–Trinajstić information content (AvgIpc) is 2.31. The van der Waals surface area contributed by atoms with E-state index < -0.39 is 0 Å². The van der Waals surface area contributed by atoms with Gasteiger partial charge in [-0.2, -0.15) is 0 Å². The Bertz CT molecular complexity index is 381. The third-order valence-electron chi connectivity index (χ3n) is 2.96. The average molecular weight is 252 g/mol. The minimum atomic E-state index is 0.331. The molecule has 0 radical (unpaired) electrons. The Labute approximate surface area is 108 Å². The van der Waals surface area contributed by atoms with Gasteiger partial charge in [-0.05, 0) is 31.1 Å². The van der Waals surface area contributed by atoms with Crippen molar-refractivity contribution in [2.45, 2.75) is 33.2 Å². The molecule has 0 saturated heterocycles. The number of hydrogen-bond acceptors (Lipinski definition) is 3. The molecule has 4 nitrogen and oxygen atoms in total. The summed E-state index contributed by atoms with van der Waals surface area (Å²) in [6, 6.07) is 2.07. The summed E-state index contributed by atoms with van der Waals surface area (Å²) in [5.41, 5.74) is 7.17. The molecule has 0 spiro atoms. The summed E-state index contributed by atoms with van der Waals surface area (Å²) in [5.74, 6) is 0.570. The maximum absolute atomic E-state index is 5.80. The standard InChI is InChI=1S/C12H20N4S/c1-4-8(2)9(3)15-12(17)16-11-7-14-6-5-10(11)13/h5-9H,4H2,1-3H3,(H2,13,14)(H2,15,16,17). The molecule has 0 bridgehead atoms. The van der Waals surface area contributed by atoms with E-state index >= 15 is 0 Å². The first-order chi connectivity index (χ1) is 8.04. The largest absolute Gasteiger partial charge is 0.397 e. The van der Waals surface area contributed by atoms with E-state index in [1.807, 2.05) is 0 Å². The zero-order valence-electron chi connectivity index (χ0n) is 10.5. The highest BCUT2D eigenvalue weighted by molar-refractivity contribution is 7.80. The predicted molar refractivity (Wildman–Crippen MR) is 76.9 cm³/mol. The normalized spacial score (nSPS) is 13.8. The van der Waals surface area contributed by atoms with Crippen LogP contribution < -0.4 is 16.4 Å². The van der Waals surface area contributed by atoms with Gasteiger partial charge in [0.15, 0.2) is 5.11 Å². The molecular formula is C12H20N4S. The summed E-state index contributed by atoms with van der Waals surface area (Å²) >= 11 is 5.23. The Morgan fingerprint density at radius 1 is 1.53 bits per heavy atom.